The molecule has 124 valence electrons. The fourth-order valence-corrected chi connectivity index (χ4v) is 3.39. The van der Waals surface area contributed by atoms with Gasteiger partial charge < -0.3 is 0 Å². The van der Waals surface area contributed by atoms with Crippen LogP contribution in [0.15, 0.2) is 42.5 Å². The first-order chi connectivity index (χ1) is 10.9. The molecule has 0 aliphatic carbocycles. The smallest absolute Gasteiger partial charge is 0.0412 e. The van der Waals surface area contributed by atoms with Crippen LogP contribution in [-0.2, 0) is 5.41 Å². The lowest BCUT2D eigenvalue weighted by Crippen LogP contribution is -2.11. The van der Waals surface area contributed by atoms with Crippen molar-refractivity contribution in [2.45, 2.75) is 65.2 Å². The molecule has 0 spiro atoms. The third-order valence-corrected chi connectivity index (χ3v) is 4.86. The van der Waals surface area contributed by atoms with E-state index < -0.39 is 0 Å². The normalized spacial score (nSPS) is 13.1. The van der Waals surface area contributed by atoms with E-state index >= 15 is 0 Å². The molecular weight excluding hydrogens is 300 g/mol. The molecule has 0 fully saturated rings. The summed E-state index contributed by atoms with van der Waals surface area (Å²) < 4.78 is 0. The molecule has 0 heterocycles. The molecular formula is C22H29Cl. The van der Waals surface area contributed by atoms with E-state index in [1.165, 1.54) is 41.5 Å². The van der Waals surface area contributed by atoms with E-state index in [1.807, 2.05) is 6.07 Å². The molecule has 0 nitrogen and oxygen atoms in total. The monoisotopic (exact) mass is 328 g/mol. The maximum absolute atomic E-state index is 6.32. The number of rotatable bonds is 5. The Balaban J connectivity index is 2.56. The Kier molecular flexibility index (Phi) is 5.92. The van der Waals surface area contributed by atoms with Crippen molar-refractivity contribution < 1.29 is 0 Å². The molecule has 0 aliphatic rings. The van der Waals surface area contributed by atoms with Gasteiger partial charge in [-0.25, -0.2) is 0 Å². The lowest BCUT2D eigenvalue weighted by atomic mass is 9.83. The van der Waals surface area contributed by atoms with Crippen molar-refractivity contribution in [3.8, 4) is 11.1 Å². The third-order valence-electron chi connectivity index (χ3n) is 4.62. The first kappa shape index (κ1) is 18.1. The van der Waals surface area contributed by atoms with Crippen LogP contribution in [0.1, 0.15) is 70.9 Å². The molecule has 1 unspecified atom stereocenters. The Morgan fingerprint density at radius 3 is 2.35 bits per heavy atom. The second kappa shape index (κ2) is 7.53. The predicted octanol–water partition coefficient (Wildman–Crippen LogP) is 7.60. The van der Waals surface area contributed by atoms with Gasteiger partial charge in [0.1, 0.15) is 0 Å². The molecule has 23 heavy (non-hydrogen) atoms. The van der Waals surface area contributed by atoms with Gasteiger partial charge in [-0.3, -0.25) is 0 Å². The summed E-state index contributed by atoms with van der Waals surface area (Å²) in [6.45, 7) is 11.3. The van der Waals surface area contributed by atoms with Crippen LogP contribution in [0.4, 0.5) is 0 Å². The maximum Gasteiger partial charge on any atom is 0.0412 e. The van der Waals surface area contributed by atoms with Crippen LogP contribution >= 0.6 is 11.6 Å². The van der Waals surface area contributed by atoms with Crippen molar-refractivity contribution in [3.05, 3.63) is 58.6 Å². The highest BCUT2D eigenvalue weighted by atomic mass is 35.5. The SMILES string of the molecule is CCCC(CC)c1ccc(Cl)cc1-c1cccc(C(C)(C)C)c1. The van der Waals surface area contributed by atoms with Gasteiger partial charge in [-0.2, -0.15) is 0 Å². The summed E-state index contributed by atoms with van der Waals surface area (Å²) in [6, 6.07) is 15.3. The first-order valence-corrected chi connectivity index (χ1v) is 9.15. The standard InChI is InChI=1S/C22H29Cl/c1-6-9-16(7-2)20-13-12-19(23)15-21(20)17-10-8-11-18(14-17)22(3,4)5/h8,10-16H,6-7,9H2,1-5H3. The molecule has 1 atom stereocenters. The van der Waals surface area contributed by atoms with Gasteiger partial charge in [0, 0.05) is 5.02 Å². The Bertz CT molecular complexity index is 649. The summed E-state index contributed by atoms with van der Waals surface area (Å²) in [7, 11) is 0. The van der Waals surface area contributed by atoms with E-state index in [1.54, 1.807) is 0 Å². The minimum absolute atomic E-state index is 0.155. The third kappa shape index (κ3) is 4.38. The van der Waals surface area contributed by atoms with Gasteiger partial charge in [-0.1, -0.05) is 83.0 Å². The van der Waals surface area contributed by atoms with Gasteiger partial charge in [0.05, 0.1) is 0 Å². The highest BCUT2D eigenvalue weighted by Crippen LogP contribution is 2.37. The molecule has 2 rings (SSSR count). The van der Waals surface area contributed by atoms with Crippen LogP contribution < -0.4 is 0 Å². The summed E-state index contributed by atoms with van der Waals surface area (Å²) in [5, 5.41) is 0.816. The van der Waals surface area contributed by atoms with Crippen molar-refractivity contribution in [2.24, 2.45) is 0 Å². The Hall–Kier alpha value is -1.27. The quantitative estimate of drug-likeness (QED) is 0.530. The van der Waals surface area contributed by atoms with Gasteiger partial charge in [0.25, 0.3) is 0 Å². The molecule has 0 amide bonds. The summed E-state index contributed by atoms with van der Waals surface area (Å²) in [4.78, 5) is 0. The Labute approximate surface area is 146 Å². The average Bonchev–Trinajstić information content (AvgIpc) is 2.52. The van der Waals surface area contributed by atoms with Crippen LogP contribution in [0, 0.1) is 0 Å². The van der Waals surface area contributed by atoms with Crippen molar-refractivity contribution in [2.75, 3.05) is 0 Å². The van der Waals surface area contributed by atoms with Crippen molar-refractivity contribution >= 4 is 11.6 Å². The molecule has 0 bridgehead atoms. The van der Waals surface area contributed by atoms with E-state index in [2.05, 4.69) is 71.0 Å². The molecule has 1 heteroatoms. The topological polar surface area (TPSA) is 0 Å². The molecule has 0 saturated carbocycles. The summed E-state index contributed by atoms with van der Waals surface area (Å²) in [5.41, 5.74) is 5.53. The van der Waals surface area contributed by atoms with E-state index in [0.717, 1.165) is 5.02 Å². The first-order valence-electron chi connectivity index (χ1n) is 8.77. The minimum atomic E-state index is 0.155. The van der Waals surface area contributed by atoms with Crippen molar-refractivity contribution in [3.63, 3.8) is 0 Å². The number of hydrogen-bond donors (Lipinski definition) is 0. The van der Waals surface area contributed by atoms with E-state index in [9.17, 15) is 0 Å². The molecule has 2 aromatic rings. The summed E-state index contributed by atoms with van der Waals surface area (Å²) >= 11 is 6.32. The van der Waals surface area contributed by atoms with Crippen LogP contribution in [-0.4, -0.2) is 0 Å². The summed E-state index contributed by atoms with van der Waals surface area (Å²) in [6.07, 6.45) is 3.61. The van der Waals surface area contributed by atoms with Crippen molar-refractivity contribution in [1.82, 2.24) is 0 Å². The minimum Gasteiger partial charge on any atom is -0.0843 e. The Morgan fingerprint density at radius 2 is 1.74 bits per heavy atom. The molecule has 0 aliphatic heterocycles. The van der Waals surface area contributed by atoms with E-state index in [4.69, 9.17) is 11.6 Å². The maximum atomic E-state index is 6.32. The molecule has 2 aromatic carbocycles. The highest BCUT2D eigenvalue weighted by molar-refractivity contribution is 6.30. The molecule has 0 radical (unpaired) electrons. The molecule has 0 N–H and O–H groups in total. The largest absolute Gasteiger partial charge is 0.0843 e. The van der Waals surface area contributed by atoms with Crippen LogP contribution in [0.3, 0.4) is 0 Å². The predicted molar refractivity (Wildman–Crippen MR) is 104 cm³/mol. The summed E-state index contributed by atoms with van der Waals surface area (Å²) in [5.74, 6) is 0.602. The van der Waals surface area contributed by atoms with E-state index in [0.29, 0.717) is 5.92 Å². The average molecular weight is 329 g/mol. The van der Waals surface area contributed by atoms with Crippen molar-refractivity contribution in [1.29, 1.82) is 0 Å². The van der Waals surface area contributed by atoms with Gasteiger partial charge in [0.15, 0.2) is 0 Å². The van der Waals surface area contributed by atoms with E-state index in [-0.39, 0.29) is 5.41 Å². The van der Waals surface area contributed by atoms with Gasteiger partial charge in [-0.05, 0) is 58.6 Å². The lowest BCUT2D eigenvalue weighted by Gasteiger charge is -2.22. The fraction of sp³-hybridized carbons (Fsp3) is 0.455. The zero-order valence-electron chi connectivity index (χ0n) is 15.1. The number of halogens is 1. The highest BCUT2D eigenvalue weighted by Gasteiger charge is 2.17. The number of benzene rings is 2. The Morgan fingerprint density at radius 1 is 1.00 bits per heavy atom. The fourth-order valence-electron chi connectivity index (χ4n) is 3.22. The van der Waals surface area contributed by atoms with Crippen LogP contribution in [0.2, 0.25) is 5.02 Å². The van der Waals surface area contributed by atoms with Crippen LogP contribution in [0.25, 0.3) is 11.1 Å². The zero-order chi connectivity index (χ0) is 17.0. The van der Waals surface area contributed by atoms with Gasteiger partial charge in [0.2, 0.25) is 0 Å². The molecule has 0 aromatic heterocycles. The van der Waals surface area contributed by atoms with Gasteiger partial charge >= 0.3 is 0 Å². The van der Waals surface area contributed by atoms with Gasteiger partial charge in [-0.15, -0.1) is 0 Å². The second-order valence-corrected chi connectivity index (χ2v) is 7.89. The number of hydrogen-bond acceptors (Lipinski definition) is 0. The van der Waals surface area contributed by atoms with Crippen LogP contribution in [0.5, 0.6) is 0 Å². The lowest BCUT2D eigenvalue weighted by molar-refractivity contribution is 0.590. The second-order valence-electron chi connectivity index (χ2n) is 7.46. The molecule has 0 saturated heterocycles. The zero-order valence-corrected chi connectivity index (χ0v) is 15.9.